The highest BCUT2D eigenvalue weighted by molar-refractivity contribution is 9.10. The molecule has 0 radical (unpaired) electrons. The van der Waals surface area contributed by atoms with Crippen molar-refractivity contribution < 1.29 is 8.42 Å². The number of halogens is 1. The van der Waals surface area contributed by atoms with Gasteiger partial charge in [-0.15, -0.1) is 5.10 Å². The number of nitrogens with zero attached hydrogens (tertiary/aromatic N) is 4. The fraction of sp³-hybridized carbons (Fsp3) is 0.818. The number of nitrogens with one attached hydrogen (secondary N) is 1. The van der Waals surface area contributed by atoms with Crippen LogP contribution >= 0.6 is 15.9 Å². The van der Waals surface area contributed by atoms with E-state index in [4.69, 9.17) is 0 Å². The van der Waals surface area contributed by atoms with Crippen molar-refractivity contribution in [3.63, 3.8) is 0 Å². The predicted molar refractivity (Wildman–Crippen MR) is 80.9 cm³/mol. The number of hydrogen-bond donors (Lipinski definition) is 1. The summed E-state index contributed by atoms with van der Waals surface area (Å²) in [6.45, 7) is 5.63. The zero-order valence-electron chi connectivity index (χ0n) is 12.3. The number of aryl methyl sites for hydroxylation is 1. The van der Waals surface area contributed by atoms with Crippen molar-refractivity contribution >= 4 is 26.0 Å². The van der Waals surface area contributed by atoms with Gasteiger partial charge in [-0.3, -0.25) is 0 Å². The SMILES string of the molecule is CC(C)N(C)CCCCNS(=O)(=O)c1c(Br)nnn1C. The highest BCUT2D eigenvalue weighted by Gasteiger charge is 2.23. The maximum atomic E-state index is 12.1. The Morgan fingerprint density at radius 2 is 2.05 bits per heavy atom. The second-order valence-corrected chi connectivity index (χ2v) is 7.42. The Labute approximate surface area is 128 Å². The summed E-state index contributed by atoms with van der Waals surface area (Å²) in [4.78, 5) is 2.23. The lowest BCUT2D eigenvalue weighted by molar-refractivity contribution is 0.268. The molecule has 0 saturated heterocycles. The first kappa shape index (κ1) is 17.5. The van der Waals surface area contributed by atoms with Crippen molar-refractivity contribution in [2.24, 2.45) is 7.05 Å². The lowest BCUT2D eigenvalue weighted by atomic mass is 10.2. The summed E-state index contributed by atoms with van der Waals surface area (Å²) in [6, 6.07) is 0.503. The molecule has 0 atom stereocenters. The van der Waals surface area contributed by atoms with Crippen LogP contribution in [0.3, 0.4) is 0 Å². The van der Waals surface area contributed by atoms with E-state index in [1.807, 2.05) is 0 Å². The fourth-order valence-electron chi connectivity index (χ4n) is 1.63. The molecular weight excluding hydrogens is 346 g/mol. The van der Waals surface area contributed by atoms with Crippen LogP contribution in [0.15, 0.2) is 9.63 Å². The Balaban J connectivity index is 2.42. The molecule has 0 aliphatic heterocycles. The summed E-state index contributed by atoms with van der Waals surface area (Å²) < 4.78 is 28.2. The molecule has 0 amide bonds. The molecule has 0 fully saturated rings. The van der Waals surface area contributed by atoms with Crippen LogP contribution in [0.25, 0.3) is 0 Å². The van der Waals surface area contributed by atoms with E-state index in [-0.39, 0.29) is 9.63 Å². The topological polar surface area (TPSA) is 80.1 Å². The van der Waals surface area contributed by atoms with E-state index in [0.717, 1.165) is 19.4 Å². The van der Waals surface area contributed by atoms with E-state index in [1.165, 1.54) is 4.68 Å². The Morgan fingerprint density at radius 3 is 2.55 bits per heavy atom. The molecule has 0 aliphatic carbocycles. The van der Waals surface area contributed by atoms with Crippen LogP contribution in [0.1, 0.15) is 26.7 Å². The normalized spacial score (nSPS) is 12.6. The van der Waals surface area contributed by atoms with Gasteiger partial charge in [0.25, 0.3) is 10.0 Å². The summed E-state index contributed by atoms with van der Waals surface area (Å²) >= 11 is 3.09. The van der Waals surface area contributed by atoms with Crippen molar-refractivity contribution in [2.75, 3.05) is 20.1 Å². The first-order valence-electron chi connectivity index (χ1n) is 6.50. The van der Waals surface area contributed by atoms with Crippen LogP contribution in [0.4, 0.5) is 0 Å². The Bertz CT molecular complexity index is 509. The largest absolute Gasteiger partial charge is 0.304 e. The molecule has 20 heavy (non-hydrogen) atoms. The highest BCUT2D eigenvalue weighted by Crippen LogP contribution is 2.17. The first-order valence-corrected chi connectivity index (χ1v) is 8.78. The molecule has 0 unspecified atom stereocenters. The molecule has 7 nitrogen and oxygen atoms in total. The third-order valence-electron chi connectivity index (χ3n) is 3.10. The molecule has 0 bridgehead atoms. The van der Waals surface area contributed by atoms with Crippen LogP contribution in [-0.2, 0) is 17.1 Å². The van der Waals surface area contributed by atoms with Gasteiger partial charge in [0.2, 0.25) is 5.03 Å². The summed E-state index contributed by atoms with van der Waals surface area (Å²) in [6.07, 6.45) is 1.74. The number of sulfonamides is 1. The molecule has 1 heterocycles. The molecule has 0 saturated carbocycles. The average Bonchev–Trinajstić information content (AvgIpc) is 2.68. The summed E-state index contributed by atoms with van der Waals surface area (Å²) in [5, 5.41) is 7.39. The maximum absolute atomic E-state index is 12.1. The summed E-state index contributed by atoms with van der Waals surface area (Å²) in [5.41, 5.74) is 0. The summed E-state index contributed by atoms with van der Waals surface area (Å²) in [5.74, 6) is 0. The average molecular weight is 368 g/mol. The van der Waals surface area contributed by atoms with Crippen LogP contribution in [-0.4, -0.2) is 54.5 Å². The van der Waals surface area contributed by atoms with Crippen molar-refractivity contribution in [3.8, 4) is 0 Å². The van der Waals surface area contributed by atoms with E-state index in [0.29, 0.717) is 12.6 Å². The molecule has 1 N–H and O–H groups in total. The second kappa shape index (κ2) is 7.48. The minimum absolute atomic E-state index is 0.0526. The highest BCUT2D eigenvalue weighted by atomic mass is 79.9. The lowest BCUT2D eigenvalue weighted by Crippen LogP contribution is -2.29. The van der Waals surface area contributed by atoms with Gasteiger partial charge < -0.3 is 4.90 Å². The molecule has 116 valence electrons. The first-order chi connectivity index (χ1) is 9.25. The third kappa shape index (κ3) is 4.80. The van der Waals surface area contributed by atoms with Gasteiger partial charge >= 0.3 is 0 Å². The van der Waals surface area contributed by atoms with Crippen molar-refractivity contribution in [2.45, 2.75) is 37.8 Å². The summed E-state index contributed by atoms with van der Waals surface area (Å²) in [7, 11) is 0.0405. The number of rotatable bonds is 8. The molecule has 0 spiro atoms. The Hall–Kier alpha value is -0.510. The lowest BCUT2D eigenvalue weighted by Gasteiger charge is -2.20. The standard InChI is InChI=1S/C11H22BrN5O2S/c1-9(2)16(3)8-6-5-7-13-20(18,19)11-10(12)14-15-17(11)4/h9,13H,5-8H2,1-4H3. The Kier molecular flexibility index (Phi) is 6.56. The van der Waals surface area contributed by atoms with Crippen LogP contribution in [0, 0.1) is 0 Å². The Morgan fingerprint density at radius 1 is 1.40 bits per heavy atom. The van der Waals surface area contributed by atoms with E-state index < -0.39 is 10.0 Å². The van der Waals surface area contributed by atoms with E-state index in [1.54, 1.807) is 7.05 Å². The smallest absolute Gasteiger partial charge is 0.260 e. The predicted octanol–water partition coefficient (Wildman–Crippen LogP) is 0.976. The van der Waals surface area contributed by atoms with Gasteiger partial charge in [-0.1, -0.05) is 5.21 Å². The quantitative estimate of drug-likeness (QED) is 0.692. The maximum Gasteiger partial charge on any atom is 0.260 e. The van der Waals surface area contributed by atoms with Crippen molar-refractivity contribution in [3.05, 3.63) is 4.60 Å². The monoisotopic (exact) mass is 367 g/mol. The molecular formula is C11H22BrN5O2S. The molecule has 1 aromatic heterocycles. The van der Waals surface area contributed by atoms with Crippen LogP contribution < -0.4 is 4.72 Å². The van der Waals surface area contributed by atoms with Gasteiger partial charge in [0, 0.05) is 19.6 Å². The van der Waals surface area contributed by atoms with Gasteiger partial charge in [-0.2, -0.15) is 0 Å². The van der Waals surface area contributed by atoms with Gasteiger partial charge in [0.15, 0.2) is 4.60 Å². The van der Waals surface area contributed by atoms with Gasteiger partial charge in [-0.05, 0) is 56.2 Å². The molecule has 1 aromatic rings. The third-order valence-corrected chi connectivity index (χ3v) is 5.45. The zero-order chi connectivity index (χ0) is 15.3. The second-order valence-electron chi connectivity index (χ2n) is 4.99. The van der Waals surface area contributed by atoms with Gasteiger partial charge in [-0.25, -0.2) is 17.8 Å². The fourth-order valence-corrected chi connectivity index (χ4v) is 3.79. The molecule has 9 heteroatoms. The molecule has 1 rings (SSSR count). The van der Waals surface area contributed by atoms with Gasteiger partial charge in [0.1, 0.15) is 0 Å². The van der Waals surface area contributed by atoms with E-state index in [2.05, 4.69) is 56.8 Å². The number of hydrogen-bond acceptors (Lipinski definition) is 5. The minimum Gasteiger partial charge on any atom is -0.304 e. The van der Waals surface area contributed by atoms with Crippen molar-refractivity contribution in [1.82, 2.24) is 24.6 Å². The van der Waals surface area contributed by atoms with Crippen LogP contribution in [0.2, 0.25) is 0 Å². The number of aromatic nitrogens is 3. The number of unbranched alkanes of at least 4 members (excludes halogenated alkanes) is 1. The van der Waals surface area contributed by atoms with Gasteiger partial charge in [0.05, 0.1) is 0 Å². The van der Waals surface area contributed by atoms with E-state index in [9.17, 15) is 8.42 Å². The van der Waals surface area contributed by atoms with Crippen molar-refractivity contribution in [1.29, 1.82) is 0 Å². The van der Waals surface area contributed by atoms with E-state index >= 15 is 0 Å². The minimum atomic E-state index is -3.57. The molecule has 0 aromatic carbocycles. The molecule has 0 aliphatic rings. The zero-order valence-corrected chi connectivity index (χ0v) is 14.7. The van der Waals surface area contributed by atoms with Crippen LogP contribution in [0.5, 0.6) is 0 Å².